The molecule has 0 radical (unpaired) electrons. The Morgan fingerprint density at radius 2 is 0.282 bits per heavy atom. The van der Waals surface area contributed by atoms with Crippen molar-refractivity contribution < 1.29 is 38.1 Å². The summed E-state index contributed by atoms with van der Waals surface area (Å²) in [4.78, 5) is 55.3. The van der Waals surface area contributed by atoms with Crippen LogP contribution in [0.4, 0.5) is 0 Å². The number of ether oxygens (including phenoxy) is 4. The maximum Gasteiger partial charge on any atom is 0.306 e. The molecule has 8 nitrogen and oxygen atoms in total. The molecule has 0 unspecified atom stereocenters. The van der Waals surface area contributed by atoms with E-state index in [1.54, 1.807) is 0 Å². The molecule has 0 rings (SSSR count). The lowest BCUT2D eigenvalue weighted by Gasteiger charge is -2.30. The average molecular weight is 1200 g/mol. The maximum absolute atomic E-state index is 13.8. The summed E-state index contributed by atoms with van der Waals surface area (Å²) in [6.07, 6.45) is 74.4. The van der Waals surface area contributed by atoms with Crippen LogP contribution in [0.25, 0.3) is 0 Å². The molecule has 0 fully saturated rings. The van der Waals surface area contributed by atoms with Crippen LogP contribution in [0.15, 0.2) is 0 Å². The molecule has 8 heteroatoms. The van der Waals surface area contributed by atoms with Crippen LogP contribution in [0, 0.1) is 5.41 Å². The highest BCUT2D eigenvalue weighted by atomic mass is 16.5. The predicted octanol–water partition coefficient (Wildman–Crippen LogP) is 25.2. The maximum atomic E-state index is 13.8. The molecule has 0 bridgehead atoms. The first-order chi connectivity index (χ1) is 41.8. The van der Waals surface area contributed by atoms with Gasteiger partial charge in [0.25, 0.3) is 0 Å². The summed E-state index contributed by atoms with van der Waals surface area (Å²) in [7, 11) is 0. The summed E-state index contributed by atoms with van der Waals surface area (Å²) in [6.45, 7) is 10.2. The Morgan fingerprint density at radius 3 is 0.400 bits per heavy atom. The van der Waals surface area contributed by atoms with Gasteiger partial charge >= 0.3 is 23.9 Å². The number of carbonyl (C=O) groups is 4. The lowest BCUT2D eigenvalue weighted by molar-refractivity contribution is -0.158. The second kappa shape index (κ2) is 69.4. The zero-order valence-corrected chi connectivity index (χ0v) is 57.8. The van der Waals surface area contributed by atoms with Gasteiger partial charge in [-0.05, 0) is 25.7 Å². The van der Waals surface area contributed by atoms with Crippen molar-refractivity contribution in [1.29, 1.82) is 0 Å². The minimum Gasteiger partial charge on any atom is -0.466 e. The summed E-state index contributed by atoms with van der Waals surface area (Å²) in [5.74, 6) is -1.98. The van der Waals surface area contributed by atoms with Gasteiger partial charge in [-0.2, -0.15) is 0 Å². The molecule has 0 saturated heterocycles. The van der Waals surface area contributed by atoms with E-state index in [1.807, 2.05) is 0 Å². The van der Waals surface area contributed by atoms with Crippen LogP contribution in [0.1, 0.15) is 439 Å². The van der Waals surface area contributed by atoms with Gasteiger partial charge in [0, 0.05) is 5.41 Å². The molecule has 0 atom stereocenters. The van der Waals surface area contributed by atoms with Gasteiger partial charge in [-0.15, -0.1) is 0 Å². The fourth-order valence-electron chi connectivity index (χ4n) is 12.4. The Hall–Kier alpha value is -2.12. The van der Waals surface area contributed by atoms with E-state index < -0.39 is 29.3 Å². The lowest BCUT2D eigenvalue weighted by atomic mass is 9.75. The van der Waals surface area contributed by atoms with Crippen molar-refractivity contribution in [2.45, 2.75) is 439 Å². The Labute approximate surface area is 530 Å². The van der Waals surface area contributed by atoms with Gasteiger partial charge in [-0.1, -0.05) is 387 Å². The molecular formula is C77H148O8. The van der Waals surface area contributed by atoms with E-state index in [0.717, 1.165) is 77.0 Å². The van der Waals surface area contributed by atoms with Crippen molar-refractivity contribution in [3.8, 4) is 0 Å². The van der Waals surface area contributed by atoms with Gasteiger partial charge in [-0.25, -0.2) is 0 Å². The molecule has 504 valence electrons. The van der Waals surface area contributed by atoms with Crippen molar-refractivity contribution in [2.75, 3.05) is 26.4 Å². The van der Waals surface area contributed by atoms with E-state index in [-0.39, 0.29) is 52.1 Å². The largest absolute Gasteiger partial charge is 0.466 e. The first-order valence-corrected chi connectivity index (χ1v) is 38.4. The van der Waals surface area contributed by atoms with Crippen molar-refractivity contribution in [2.24, 2.45) is 5.41 Å². The van der Waals surface area contributed by atoms with Crippen LogP contribution in [0.2, 0.25) is 0 Å². The highest BCUT2D eigenvalue weighted by molar-refractivity contribution is 5.81. The number of hydrogen-bond acceptors (Lipinski definition) is 8. The van der Waals surface area contributed by atoms with Gasteiger partial charge in [0.2, 0.25) is 0 Å². The third kappa shape index (κ3) is 64.7. The van der Waals surface area contributed by atoms with Crippen molar-refractivity contribution in [1.82, 2.24) is 0 Å². The number of unbranched alkanes of at least 4 members (excludes halogenated alkanes) is 56. The smallest absolute Gasteiger partial charge is 0.306 e. The molecule has 0 spiro atoms. The topological polar surface area (TPSA) is 105 Å². The second-order valence-corrected chi connectivity index (χ2v) is 26.9. The van der Waals surface area contributed by atoms with Gasteiger partial charge < -0.3 is 18.9 Å². The first-order valence-electron chi connectivity index (χ1n) is 38.4. The summed E-state index contributed by atoms with van der Waals surface area (Å²) in [6, 6.07) is 0. The van der Waals surface area contributed by atoms with Crippen LogP contribution in [0.5, 0.6) is 0 Å². The van der Waals surface area contributed by atoms with E-state index in [4.69, 9.17) is 18.9 Å². The molecule has 0 aliphatic carbocycles. The number of hydrogen-bond donors (Lipinski definition) is 0. The van der Waals surface area contributed by atoms with Gasteiger partial charge in [0.1, 0.15) is 0 Å². The van der Waals surface area contributed by atoms with Gasteiger partial charge in [0.05, 0.1) is 52.1 Å². The average Bonchev–Trinajstić information content (AvgIpc) is 3.58. The number of carbonyl (C=O) groups excluding carboxylic acids is 4. The van der Waals surface area contributed by atoms with Crippen molar-refractivity contribution in [3.63, 3.8) is 0 Å². The third-order valence-electron chi connectivity index (χ3n) is 18.1. The minimum atomic E-state index is -1.36. The quantitative estimate of drug-likeness (QED) is 0.0337. The SMILES string of the molecule is CCCCCCCCCCCCCCCCCOC(=O)CC(CC(=O)OCCCCCCCCCCCCCCCCC)(CC(=O)OCCCCCCCCCCCCCCCCC)CC(=O)OCCCCCCCCCCCCCCCCC. The van der Waals surface area contributed by atoms with E-state index in [9.17, 15) is 19.2 Å². The molecule has 0 aromatic carbocycles. The van der Waals surface area contributed by atoms with E-state index in [0.29, 0.717) is 0 Å². The first kappa shape index (κ1) is 82.9. The Balaban J connectivity index is 5.43. The van der Waals surface area contributed by atoms with E-state index >= 15 is 0 Å². The molecule has 0 amide bonds. The molecule has 0 heterocycles. The van der Waals surface area contributed by atoms with Crippen LogP contribution < -0.4 is 0 Å². The molecule has 0 aromatic rings. The molecular weight excluding hydrogens is 1050 g/mol. The van der Waals surface area contributed by atoms with Crippen LogP contribution >= 0.6 is 0 Å². The van der Waals surface area contributed by atoms with Gasteiger partial charge in [0.15, 0.2) is 0 Å². The minimum absolute atomic E-state index is 0.248. The zero-order valence-electron chi connectivity index (χ0n) is 57.8. The summed E-state index contributed by atoms with van der Waals surface area (Å²) >= 11 is 0. The molecule has 85 heavy (non-hydrogen) atoms. The van der Waals surface area contributed by atoms with Crippen LogP contribution in [-0.4, -0.2) is 50.3 Å². The summed E-state index contributed by atoms with van der Waals surface area (Å²) in [5, 5.41) is 0. The zero-order chi connectivity index (χ0) is 61.7. The van der Waals surface area contributed by atoms with Crippen LogP contribution in [0.3, 0.4) is 0 Å². The van der Waals surface area contributed by atoms with Crippen molar-refractivity contribution in [3.05, 3.63) is 0 Å². The molecule has 0 aliphatic heterocycles. The number of rotatable bonds is 72. The predicted molar refractivity (Wildman–Crippen MR) is 364 cm³/mol. The Kier molecular flexibility index (Phi) is 67.6. The van der Waals surface area contributed by atoms with E-state index in [1.165, 1.54) is 308 Å². The Morgan fingerprint density at radius 1 is 0.176 bits per heavy atom. The fraction of sp³-hybridized carbons (Fsp3) is 0.948. The molecule has 0 aromatic heterocycles. The highest BCUT2D eigenvalue weighted by Gasteiger charge is 2.42. The standard InChI is InChI=1S/C77H148O8/c1-5-9-13-17-21-25-29-33-37-41-45-49-53-57-61-65-82-73(78)69-77(70-74(79)83-66-62-58-54-50-46-42-38-34-30-26-22-18-14-10-6-2,71-75(80)84-67-63-59-55-51-47-43-39-35-31-27-23-19-15-11-7-3)72-76(81)85-68-64-60-56-52-48-44-40-36-32-28-24-20-16-12-8-4/h5-72H2,1-4H3. The monoisotopic (exact) mass is 1200 g/mol. The van der Waals surface area contributed by atoms with Crippen LogP contribution in [-0.2, 0) is 38.1 Å². The number of esters is 4. The van der Waals surface area contributed by atoms with Gasteiger partial charge in [-0.3, -0.25) is 19.2 Å². The molecule has 0 saturated carbocycles. The second-order valence-electron chi connectivity index (χ2n) is 26.9. The van der Waals surface area contributed by atoms with E-state index in [2.05, 4.69) is 27.7 Å². The summed E-state index contributed by atoms with van der Waals surface area (Å²) in [5.41, 5.74) is -1.36. The lowest BCUT2D eigenvalue weighted by Crippen LogP contribution is -2.35. The summed E-state index contributed by atoms with van der Waals surface area (Å²) < 4.78 is 23.4. The fourth-order valence-corrected chi connectivity index (χ4v) is 12.4. The highest BCUT2D eigenvalue weighted by Crippen LogP contribution is 2.38. The molecule has 0 aliphatic rings. The molecule has 0 N–H and O–H groups in total. The Bertz CT molecular complexity index is 1180. The normalized spacial score (nSPS) is 11.6. The van der Waals surface area contributed by atoms with Crippen molar-refractivity contribution >= 4 is 23.9 Å². The third-order valence-corrected chi connectivity index (χ3v) is 18.1.